The van der Waals surface area contributed by atoms with Gasteiger partial charge in [0.15, 0.2) is 6.61 Å². The molecule has 1 aromatic rings. The van der Waals surface area contributed by atoms with Crippen molar-refractivity contribution in [2.45, 2.75) is 6.61 Å². The third kappa shape index (κ3) is 4.35. The largest absolute Gasteiger partial charge is 0.466 e. The van der Waals surface area contributed by atoms with Gasteiger partial charge in [0.2, 0.25) is 0 Å². The summed E-state index contributed by atoms with van der Waals surface area (Å²) in [6, 6.07) is 3.31. The summed E-state index contributed by atoms with van der Waals surface area (Å²) < 4.78 is 23.6. The quantitative estimate of drug-likeness (QED) is 0.473. The highest BCUT2D eigenvalue weighted by Gasteiger charge is 2.17. The Morgan fingerprint density at radius 2 is 2.18 bits per heavy atom. The molecule has 0 unspecified atom stereocenters. The van der Waals surface area contributed by atoms with Crippen LogP contribution >= 0.6 is 12.1 Å². The van der Waals surface area contributed by atoms with Crippen LogP contribution in [0.15, 0.2) is 22.8 Å². The summed E-state index contributed by atoms with van der Waals surface area (Å²) in [5, 5.41) is 0. The van der Waals surface area contributed by atoms with Crippen molar-refractivity contribution in [1.29, 1.82) is 0 Å². The van der Waals surface area contributed by atoms with E-state index >= 15 is 0 Å². The summed E-state index contributed by atoms with van der Waals surface area (Å²) in [5.74, 6) is 0.492. The average Bonchev–Trinajstić information content (AvgIpc) is 2.78. The zero-order chi connectivity index (χ0) is 12.8. The third-order valence-electron chi connectivity index (χ3n) is 1.67. The monoisotopic (exact) mass is 262 g/mol. The number of carbonyl (C=O) groups excluding carboxylic acids is 2. The molecule has 0 radical (unpaired) electrons. The molecule has 1 aromatic heterocycles. The van der Waals surface area contributed by atoms with Gasteiger partial charge >= 0.3 is 12.3 Å². The van der Waals surface area contributed by atoms with E-state index in [0.717, 1.165) is 4.31 Å². The number of rotatable bonds is 4. The van der Waals surface area contributed by atoms with Crippen LogP contribution in [0.1, 0.15) is 5.76 Å². The molecule has 0 aliphatic heterocycles. The molecule has 0 saturated heterocycles. The van der Waals surface area contributed by atoms with Crippen molar-refractivity contribution in [1.82, 2.24) is 8.61 Å². The van der Waals surface area contributed by atoms with Crippen LogP contribution in [0.4, 0.5) is 14.0 Å². The Balaban J connectivity index is 2.34. The van der Waals surface area contributed by atoms with Gasteiger partial charge in [-0.25, -0.2) is 18.2 Å². The van der Waals surface area contributed by atoms with E-state index in [1.165, 1.54) is 20.4 Å². The van der Waals surface area contributed by atoms with Gasteiger partial charge in [0.1, 0.15) is 5.76 Å². The Morgan fingerprint density at radius 3 is 2.71 bits per heavy atom. The first-order chi connectivity index (χ1) is 8.00. The maximum Gasteiger partial charge on any atom is 0.421 e. The van der Waals surface area contributed by atoms with E-state index in [0.29, 0.717) is 22.2 Å². The number of ether oxygens (including phenoxy) is 1. The maximum absolute atomic E-state index is 12.2. The SMILES string of the molecule is CN(SN(C)C(=O)OCc1ccco1)C(=O)F. The Morgan fingerprint density at radius 1 is 1.47 bits per heavy atom. The third-order valence-corrected chi connectivity index (χ3v) is 2.45. The first-order valence-electron chi connectivity index (χ1n) is 4.55. The highest BCUT2D eigenvalue weighted by atomic mass is 32.2. The Hall–Kier alpha value is -1.70. The van der Waals surface area contributed by atoms with Gasteiger partial charge in [-0.05, 0) is 12.1 Å². The Labute approximate surface area is 102 Å². The molecule has 1 rings (SSSR count). The van der Waals surface area contributed by atoms with Gasteiger partial charge < -0.3 is 9.15 Å². The zero-order valence-electron chi connectivity index (χ0n) is 9.25. The minimum Gasteiger partial charge on any atom is -0.466 e. The number of amides is 2. The minimum atomic E-state index is -1.65. The summed E-state index contributed by atoms with van der Waals surface area (Å²) in [4.78, 5) is 21.7. The fourth-order valence-corrected chi connectivity index (χ4v) is 1.42. The van der Waals surface area contributed by atoms with Crippen LogP contribution in [-0.4, -0.2) is 35.0 Å². The second-order valence-corrected chi connectivity index (χ2v) is 4.22. The molecule has 6 nitrogen and oxygen atoms in total. The second-order valence-electron chi connectivity index (χ2n) is 2.96. The van der Waals surface area contributed by atoms with Gasteiger partial charge in [0, 0.05) is 14.1 Å². The maximum atomic E-state index is 12.2. The Bertz CT molecular complexity index is 384. The lowest BCUT2D eigenvalue weighted by Gasteiger charge is -2.18. The van der Waals surface area contributed by atoms with Gasteiger partial charge in [-0.15, -0.1) is 4.39 Å². The van der Waals surface area contributed by atoms with E-state index < -0.39 is 12.3 Å². The van der Waals surface area contributed by atoms with Crippen LogP contribution in [0.3, 0.4) is 0 Å². The van der Waals surface area contributed by atoms with Gasteiger partial charge in [-0.2, -0.15) is 0 Å². The molecule has 17 heavy (non-hydrogen) atoms. The smallest absolute Gasteiger partial charge is 0.421 e. The lowest BCUT2D eigenvalue weighted by atomic mass is 10.5. The van der Waals surface area contributed by atoms with Gasteiger partial charge in [-0.1, -0.05) is 0 Å². The molecule has 0 aliphatic carbocycles. The van der Waals surface area contributed by atoms with Crippen molar-refractivity contribution in [2.75, 3.05) is 14.1 Å². The van der Waals surface area contributed by atoms with Crippen LogP contribution in [0.25, 0.3) is 0 Å². The lowest BCUT2D eigenvalue weighted by Crippen LogP contribution is -2.27. The molecule has 94 valence electrons. The van der Waals surface area contributed by atoms with E-state index in [9.17, 15) is 14.0 Å². The first kappa shape index (κ1) is 13.4. The fraction of sp³-hybridized carbons (Fsp3) is 0.333. The number of nitrogens with zero attached hydrogens (tertiary/aromatic N) is 2. The fourth-order valence-electron chi connectivity index (χ4n) is 0.868. The van der Waals surface area contributed by atoms with E-state index in [4.69, 9.17) is 9.15 Å². The van der Waals surface area contributed by atoms with Crippen LogP contribution in [0, 0.1) is 0 Å². The molecular formula is C9H11FN2O4S. The molecule has 1 heterocycles. The summed E-state index contributed by atoms with van der Waals surface area (Å²) in [6.45, 7) is -0.0238. The van der Waals surface area contributed by atoms with Crippen LogP contribution in [-0.2, 0) is 11.3 Å². The summed E-state index contributed by atoms with van der Waals surface area (Å²) in [7, 11) is 2.55. The van der Waals surface area contributed by atoms with Crippen molar-refractivity contribution in [3.63, 3.8) is 0 Å². The molecule has 0 aromatic carbocycles. The predicted octanol–water partition coefficient (Wildman–Crippen LogP) is 2.43. The Kier molecular flexibility index (Phi) is 4.83. The van der Waals surface area contributed by atoms with Crippen LogP contribution in [0.5, 0.6) is 0 Å². The van der Waals surface area contributed by atoms with Gasteiger partial charge in [0.05, 0.1) is 18.4 Å². The van der Waals surface area contributed by atoms with Crippen molar-refractivity contribution >= 4 is 24.4 Å². The molecule has 0 fully saturated rings. The van der Waals surface area contributed by atoms with E-state index in [2.05, 4.69) is 0 Å². The van der Waals surface area contributed by atoms with Crippen molar-refractivity contribution < 1.29 is 23.1 Å². The van der Waals surface area contributed by atoms with E-state index in [-0.39, 0.29) is 6.61 Å². The molecule has 0 bridgehead atoms. The normalized spacial score (nSPS) is 9.82. The highest BCUT2D eigenvalue weighted by Crippen LogP contribution is 2.15. The number of hydrogen-bond donors (Lipinski definition) is 0. The van der Waals surface area contributed by atoms with Crippen LogP contribution in [0.2, 0.25) is 0 Å². The molecular weight excluding hydrogens is 251 g/mol. The molecule has 8 heteroatoms. The predicted molar refractivity (Wildman–Crippen MR) is 58.5 cm³/mol. The summed E-state index contributed by atoms with van der Waals surface area (Å²) in [6.07, 6.45) is -0.905. The molecule has 0 aliphatic rings. The number of hydrogen-bond acceptors (Lipinski definition) is 5. The average molecular weight is 262 g/mol. The molecule has 2 amide bonds. The zero-order valence-corrected chi connectivity index (χ0v) is 10.1. The molecule has 0 spiro atoms. The highest BCUT2D eigenvalue weighted by molar-refractivity contribution is 7.95. The summed E-state index contributed by atoms with van der Waals surface area (Å²) in [5.41, 5.74) is 0. The summed E-state index contributed by atoms with van der Waals surface area (Å²) >= 11 is 0.590. The van der Waals surface area contributed by atoms with Crippen molar-refractivity contribution in [3.05, 3.63) is 24.2 Å². The molecule has 0 saturated carbocycles. The van der Waals surface area contributed by atoms with Gasteiger partial charge in [0.25, 0.3) is 0 Å². The molecule has 0 atom stereocenters. The van der Waals surface area contributed by atoms with Crippen molar-refractivity contribution in [2.24, 2.45) is 0 Å². The molecule has 0 N–H and O–H groups in total. The number of halogens is 1. The van der Waals surface area contributed by atoms with Gasteiger partial charge in [-0.3, -0.25) is 0 Å². The van der Waals surface area contributed by atoms with Crippen LogP contribution < -0.4 is 0 Å². The number of carbonyl (C=O) groups is 2. The topological polar surface area (TPSA) is 63.0 Å². The first-order valence-corrected chi connectivity index (χ1v) is 5.28. The van der Waals surface area contributed by atoms with Crippen molar-refractivity contribution in [3.8, 4) is 0 Å². The lowest BCUT2D eigenvalue weighted by molar-refractivity contribution is 0.118. The number of furan rings is 1. The van der Waals surface area contributed by atoms with E-state index in [1.54, 1.807) is 12.1 Å². The van der Waals surface area contributed by atoms with E-state index in [1.807, 2.05) is 0 Å². The minimum absolute atomic E-state index is 0.0238. The standard InChI is InChI=1S/C9H11FN2O4S/c1-11(8(10)13)17-12(2)9(14)16-6-7-4-3-5-15-7/h3-5H,6H2,1-2H3. The second kappa shape index (κ2) is 6.14.